The normalized spacial score (nSPS) is 94.7. The SMILES string of the molecule is C1CCC2C(C1)C1C2C2C1C1C2C2C1C1C2C2C1C1C2C2C3C4C5C6C7C8C9CCC9C8C7C6C5C4C3C12. The van der Waals surface area contributed by atoms with Crippen LogP contribution in [0.1, 0.15) is 38.5 Å². The van der Waals surface area contributed by atoms with Crippen molar-refractivity contribution in [1.29, 1.82) is 0 Å². The molecule has 17 saturated carbocycles. The zero-order chi connectivity index (χ0) is 22.7. The molecule has 0 aromatic rings. The van der Waals surface area contributed by atoms with Gasteiger partial charge in [-0.1, -0.05) is 12.8 Å². The van der Waals surface area contributed by atoms with Gasteiger partial charge in [-0.2, -0.15) is 0 Å². The van der Waals surface area contributed by atoms with Crippen LogP contribution in [0.15, 0.2) is 0 Å². The first-order valence-corrected chi connectivity index (χ1v) is 19.0. The zero-order valence-electron chi connectivity index (χ0n) is 22.7. The van der Waals surface area contributed by atoms with Crippen LogP contribution < -0.4 is 0 Å². The second-order valence-electron chi connectivity index (χ2n) is 20.7. The van der Waals surface area contributed by atoms with E-state index in [1.54, 1.807) is 38.5 Å². The molecule has 0 bridgehead atoms. The summed E-state index contributed by atoms with van der Waals surface area (Å²) in [5.41, 5.74) is 0. The van der Waals surface area contributed by atoms with Gasteiger partial charge in [-0.15, -0.1) is 0 Å². The Morgan fingerprint density at radius 1 is 0.158 bits per heavy atom. The maximum atomic E-state index is 1.65. The Kier molecular flexibility index (Phi) is 2.16. The fraction of sp³-hybridized carbons (Fsp3) is 1.00. The standard InChI is InChI=1S/C38H44/c1-2-4-8-7(3-1)11-12(8)16-15(11)19-20(16)24-23(19)27-28(24)32-31(27)35-36(32)38-34-30-26-22-18-14-10-6-5-9(10)13(14)17(18)21(22)25(26)29(30)33(34)37(35)38/h7-38H,1-6H2. The van der Waals surface area contributed by atoms with Gasteiger partial charge in [-0.05, 0) is 215 Å². The summed E-state index contributed by atoms with van der Waals surface area (Å²) in [4.78, 5) is 0. The minimum absolute atomic E-state index is 1.24. The van der Waals surface area contributed by atoms with E-state index in [0.29, 0.717) is 0 Å². The smallest absolute Gasteiger partial charge is 0.0312 e. The Labute approximate surface area is 227 Å². The van der Waals surface area contributed by atoms with Crippen LogP contribution >= 0.6 is 0 Å². The Morgan fingerprint density at radius 3 is 0.500 bits per heavy atom. The first-order valence-electron chi connectivity index (χ1n) is 19.0. The van der Waals surface area contributed by atoms with E-state index in [1.165, 1.54) is 189 Å². The summed E-state index contributed by atoms with van der Waals surface area (Å²) in [5, 5.41) is 0. The third-order valence-electron chi connectivity index (χ3n) is 23.0. The lowest BCUT2D eigenvalue weighted by Gasteiger charge is -3.00. The summed E-state index contributed by atoms with van der Waals surface area (Å²) in [7, 11) is 0. The highest BCUT2D eigenvalue weighted by atomic mass is 15.0. The van der Waals surface area contributed by atoms with Crippen molar-refractivity contribution in [2.45, 2.75) is 38.5 Å². The summed E-state index contributed by atoms with van der Waals surface area (Å²) in [6, 6.07) is 0. The molecule has 17 aliphatic carbocycles. The van der Waals surface area contributed by atoms with Crippen molar-refractivity contribution in [2.75, 3.05) is 0 Å². The highest BCUT2D eigenvalue weighted by Gasteiger charge is 2.97. The second-order valence-corrected chi connectivity index (χ2v) is 20.7. The highest BCUT2D eigenvalue weighted by Crippen LogP contribution is 3.00. The molecule has 38 heavy (non-hydrogen) atoms. The van der Waals surface area contributed by atoms with E-state index in [9.17, 15) is 0 Å². The van der Waals surface area contributed by atoms with Crippen LogP contribution in [0.3, 0.4) is 0 Å². The average Bonchev–Trinajstić information content (AvgIpc) is 2.85. The summed E-state index contributed by atoms with van der Waals surface area (Å²) < 4.78 is 0. The molecule has 196 valence electrons. The van der Waals surface area contributed by atoms with Crippen LogP contribution in [0, 0.1) is 189 Å². The van der Waals surface area contributed by atoms with Crippen molar-refractivity contribution in [1.82, 2.24) is 0 Å². The predicted octanol–water partition coefficient (Wildman–Crippen LogP) is 6.28. The molecule has 0 aromatic heterocycles. The molecule has 0 saturated heterocycles. The van der Waals surface area contributed by atoms with E-state index >= 15 is 0 Å². The molecule has 0 heteroatoms. The fourth-order valence-corrected chi connectivity index (χ4v) is 23.3. The molecule has 0 amide bonds. The highest BCUT2D eigenvalue weighted by molar-refractivity contribution is 5.43. The van der Waals surface area contributed by atoms with Crippen molar-refractivity contribution in [2.24, 2.45) is 189 Å². The minimum atomic E-state index is 1.24. The molecule has 0 radical (unpaired) electrons. The fourth-order valence-electron chi connectivity index (χ4n) is 23.3. The van der Waals surface area contributed by atoms with E-state index in [2.05, 4.69) is 0 Å². The summed E-state index contributed by atoms with van der Waals surface area (Å²) >= 11 is 0. The van der Waals surface area contributed by atoms with Crippen LogP contribution in [-0.4, -0.2) is 0 Å². The number of hydrogen-bond donors (Lipinski definition) is 0. The maximum Gasteiger partial charge on any atom is -0.0312 e. The van der Waals surface area contributed by atoms with Gasteiger partial charge in [0.1, 0.15) is 0 Å². The van der Waals surface area contributed by atoms with Gasteiger partial charge in [0.2, 0.25) is 0 Å². The molecule has 0 spiro atoms. The van der Waals surface area contributed by atoms with Crippen molar-refractivity contribution in [3.05, 3.63) is 0 Å². The first kappa shape index (κ1) is 17.8. The van der Waals surface area contributed by atoms with Gasteiger partial charge in [-0.25, -0.2) is 0 Å². The molecular weight excluding hydrogens is 456 g/mol. The monoisotopic (exact) mass is 500 g/mol. The molecule has 0 aromatic carbocycles. The van der Waals surface area contributed by atoms with Gasteiger partial charge in [0.15, 0.2) is 0 Å². The van der Waals surface area contributed by atoms with Crippen molar-refractivity contribution in [3.8, 4) is 0 Å². The van der Waals surface area contributed by atoms with Crippen LogP contribution in [0.5, 0.6) is 0 Å². The van der Waals surface area contributed by atoms with Crippen LogP contribution in [0.2, 0.25) is 0 Å². The van der Waals surface area contributed by atoms with Crippen molar-refractivity contribution in [3.63, 3.8) is 0 Å². The minimum Gasteiger partial charge on any atom is -0.0530 e. The average molecular weight is 501 g/mol. The topological polar surface area (TPSA) is 0 Å². The first-order chi connectivity index (χ1) is 19.0. The Balaban J connectivity index is 0.661. The van der Waals surface area contributed by atoms with Gasteiger partial charge in [-0.3, -0.25) is 0 Å². The lowest BCUT2D eigenvalue weighted by Crippen LogP contribution is -2.97. The number of rotatable bonds is 0. The van der Waals surface area contributed by atoms with Crippen LogP contribution in [0.4, 0.5) is 0 Å². The molecule has 17 rings (SSSR count). The van der Waals surface area contributed by atoms with Gasteiger partial charge >= 0.3 is 0 Å². The summed E-state index contributed by atoms with van der Waals surface area (Å²) in [6.07, 6.45) is 9.81. The molecule has 17 fully saturated rings. The number of hydrogen-bond acceptors (Lipinski definition) is 0. The van der Waals surface area contributed by atoms with E-state index in [4.69, 9.17) is 0 Å². The van der Waals surface area contributed by atoms with E-state index < -0.39 is 0 Å². The maximum absolute atomic E-state index is 1.65. The lowest BCUT2D eigenvalue weighted by molar-refractivity contribution is -0.536. The van der Waals surface area contributed by atoms with Crippen LogP contribution in [-0.2, 0) is 0 Å². The second kappa shape index (κ2) is 4.61. The largest absolute Gasteiger partial charge is 0.0530 e. The summed E-state index contributed by atoms with van der Waals surface area (Å²) in [6.45, 7) is 0. The molecule has 32 atom stereocenters. The van der Waals surface area contributed by atoms with E-state index in [-0.39, 0.29) is 0 Å². The molecule has 0 N–H and O–H groups in total. The summed E-state index contributed by atoms with van der Waals surface area (Å²) in [5.74, 6) is 41.9. The Morgan fingerprint density at radius 2 is 0.316 bits per heavy atom. The van der Waals surface area contributed by atoms with Gasteiger partial charge < -0.3 is 0 Å². The van der Waals surface area contributed by atoms with Gasteiger partial charge in [0.05, 0.1) is 0 Å². The van der Waals surface area contributed by atoms with Crippen molar-refractivity contribution < 1.29 is 0 Å². The van der Waals surface area contributed by atoms with Crippen molar-refractivity contribution >= 4 is 0 Å². The Hall–Kier alpha value is 0. The molecule has 0 nitrogen and oxygen atoms in total. The third-order valence-corrected chi connectivity index (χ3v) is 23.0. The van der Waals surface area contributed by atoms with E-state index in [0.717, 1.165) is 0 Å². The molecule has 32 unspecified atom stereocenters. The molecule has 0 aliphatic heterocycles. The van der Waals surface area contributed by atoms with Gasteiger partial charge in [0, 0.05) is 0 Å². The van der Waals surface area contributed by atoms with Crippen LogP contribution in [0.25, 0.3) is 0 Å². The third kappa shape index (κ3) is 1.15. The zero-order valence-corrected chi connectivity index (χ0v) is 22.7. The number of fused-ring (bicyclic) bond motifs is 46. The predicted molar refractivity (Wildman–Crippen MR) is 139 cm³/mol. The molecule has 0 heterocycles. The van der Waals surface area contributed by atoms with Gasteiger partial charge in [0.25, 0.3) is 0 Å². The molecular formula is C38H44. The molecule has 17 aliphatic rings. The Bertz CT molecular complexity index is 1180. The quantitative estimate of drug-likeness (QED) is 0.344. The van der Waals surface area contributed by atoms with E-state index in [1.807, 2.05) is 0 Å². The lowest BCUT2D eigenvalue weighted by atomic mass is 9.04.